The van der Waals surface area contributed by atoms with E-state index in [1.54, 1.807) is 0 Å². The van der Waals surface area contributed by atoms with Crippen LogP contribution in [0.15, 0.2) is 22.7 Å². The molecule has 21 heavy (non-hydrogen) atoms. The monoisotopic (exact) mass is 286 g/mol. The maximum absolute atomic E-state index is 6.00. The minimum atomic E-state index is -0.151. The summed E-state index contributed by atoms with van der Waals surface area (Å²) in [6.45, 7) is 3.61. The van der Waals surface area contributed by atoms with Crippen molar-refractivity contribution in [2.24, 2.45) is 0 Å². The van der Waals surface area contributed by atoms with E-state index in [1.165, 1.54) is 5.56 Å². The molecule has 0 spiro atoms. The number of benzene rings is 1. The number of aromatic nitrogens is 2. The lowest BCUT2D eigenvalue weighted by atomic mass is 10.00. The van der Waals surface area contributed by atoms with E-state index in [9.17, 15) is 0 Å². The second-order valence-electron chi connectivity index (χ2n) is 5.75. The predicted octanol–water partition coefficient (Wildman–Crippen LogP) is 2.95. The Hall–Kier alpha value is -1.88. The molecule has 110 valence electrons. The van der Waals surface area contributed by atoms with Gasteiger partial charge in [0, 0.05) is 25.6 Å². The summed E-state index contributed by atoms with van der Waals surface area (Å²) in [5.41, 5.74) is 2.37. The van der Waals surface area contributed by atoms with Gasteiger partial charge in [0.2, 0.25) is 0 Å². The summed E-state index contributed by atoms with van der Waals surface area (Å²) in [5.74, 6) is 2.70. The highest BCUT2D eigenvalue weighted by molar-refractivity contribution is 5.44. The number of fused-ring (bicyclic) bond motifs is 1. The van der Waals surface area contributed by atoms with Crippen LogP contribution in [0.5, 0.6) is 5.75 Å². The minimum absolute atomic E-state index is 0.151. The SMILES string of the molecule is Cc1cccc2c1O[C@H](c1nc(C3CCOCC3)no1)C2. The standard InChI is InChI=1S/C16H18N2O3/c1-10-3-2-4-12-9-13(20-14(10)12)16-17-15(18-21-16)11-5-7-19-8-6-11/h2-4,11,13H,5-9H2,1H3/t13-/m0/s1. The molecule has 2 aliphatic rings. The van der Waals surface area contributed by atoms with Gasteiger partial charge in [-0.1, -0.05) is 23.4 Å². The number of ether oxygens (including phenoxy) is 2. The Morgan fingerprint density at radius 1 is 1.19 bits per heavy atom. The van der Waals surface area contributed by atoms with Crippen molar-refractivity contribution in [3.8, 4) is 5.75 Å². The Balaban J connectivity index is 1.53. The van der Waals surface area contributed by atoms with Crippen LogP contribution in [0.2, 0.25) is 0 Å². The molecule has 0 aliphatic carbocycles. The third-order valence-corrected chi connectivity index (χ3v) is 4.28. The summed E-state index contributed by atoms with van der Waals surface area (Å²) < 4.78 is 16.8. The van der Waals surface area contributed by atoms with Crippen molar-refractivity contribution in [1.29, 1.82) is 0 Å². The van der Waals surface area contributed by atoms with Gasteiger partial charge in [0.15, 0.2) is 11.9 Å². The first-order valence-corrected chi connectivity index (χ1v) is 7.47. The molecule has 1 aromatic heterocycles. The highest BCUT2D eigenvalue weighted by atomic mass is 16.5. The van der Waals surface area contributed by atoms with E-state index in [0.29, 0.717) is 11.8 Å². The van der Waals surface area contributed by atoms with E-state index >= 15 is 0 Å². The maximum Gasteiger partial charge on any atom is 0.268 e. The summed E-state index contributed by atoms with van der Waals surface area (Å²) in [6, 6.07) is 6.21. The van der Waals surface area contributed by atoms with Crippen LogP contribution in [-0.4, -0.2) is 23.4 Å². The molecule has 0 saturated carbocycles. The minimum Gasteiger partial charge on any atom is -0.480 e. The molecule has 2 aliphatic heterocycles. The van der Waals surface area contributed by atoms with E-state index in [-0.39, 0.29) is 6.10 Å². The normalized spacial score (nSPS) is 22.0. The molecular formula is C16H18N2O3. The molecule has 1 saturated heterocycles. The van der Waals surface area contributed by atoms with Crippen molar-refractivity contribution in [1.82, 2.24) is 10.1 Å². The summed E-state index contributed by atoms with van der Waals surface area (Å²) >= 11 is 0. The highest BCUT2D eigenvalue weighted by Crippen LogP contribution is 2.38. The molecule has 2 aromatic rings. The Labute approximate surface area is 123 Å². The van der Waals surface area contributed by atoms with Crippen molar-refractivity contribution in [2.75, 3.05) is 13.2 Å². The first kappa shape index (κ1) is 12.8. The third kappa shape index (κ3) is 2.31. The van der Waals surface area contributed by atoms with Gasteiger partial charge in [-0.3, -0.25) is 0 Å². The molecule has 1 fully saturated rings. The number of para-hydroxylation sites is 1. The first-order valence-electron chi connectivity index (χ1n) is 7.47. The van der Waals surface area contributed by atoms with Crippen LogP contribution in [0, 0.1) is 6.92 Å². The van der Waals surface area contributed by atoms with Gasteiger partial charge in [-0.05, 0) is 30.9 Å². The van der Waals surface area contributed by atoms with Crippen molar-refractivity contribution in [3.63, 3.8) is 0 Å². The molecular weight excluding hydrogens is 268 g/mol. The molecule has 1 atom stereocenters. The van der Waals surface area contributed by atoms with E-state index in [0.717, 1.165) is 49.6 Å². The summed E-state index contributed by atoms with van der Waals surface area (Å²) in [7, 11) is 0. The summed E-state index contributed by atoms with van der Waals surface area (Å²) in [4.78, 5) is 4.57. The van der Waals surface area contributed by atoms with Crippen LogP contribution in [0.25, 0.3) is 0 Å². The van der Waals surface area contributed by atoms with Gasteiger partial charge in [-0.2, -0.15) is 4.98 Å². The lowest BCUT2D eigenvalue weighted by molar-refractivity contribution is 0.0830. The van der Waals surface area contributed by atoms with Crippen LogP contribution in [-0.2, 0) is 11.2 Å². The Bertz CT molecular complexity index is 647. The molecule has 1 aromatic carbocycles. The van der Waals surface area contributed by atoms with E-state index in [4.69, 9.17) is 14.0 Å². The molecule has 0 N–H and O–H groups in total. The van der Waals surface area contributed by atoms with Gasteiger partial charge < -0.3 is 14.0 Å². The van der Waals surface area contributed by atoms with Crippen LogP contribution < -0.4 is 4.74 Å². The van der Waals surface area contributed by atoms with Crippen molar-refractivity contribution in [3.05, 3.63) is 41.0 Å². The largest absolute Gasteiger partial charge is 0.480 e. The van der Waals surface area contributed by atoms with Gasteiger partial charge in [0.1, 0.15) is 5.75 Å². The zero-order valence-electron chi connectivity index (χ0n) is 12.0. The molecule has 4 rings (SSSR count). The van der Waals surface area contributed by atoms with Crippen LogP contribution >= 0.6 is 0 Å². The molecule has 5 heteroatoms. The van der Waals surface area contributed by atoms with Crippen LogP contribution in [0.1, 0.15) is 47.7 Å². The Morgan fingerprint density at radius 2 is 2.05 bits per heavy atom. The molecule has 0 unspecified atom stereocenters. The number of rotatable bonds is 2. The van der Waals surface area contributed by atoms with Gasteiger partial charge >= 0.3 is 0 Å². The van der Waals surface area contributed by atoms with Crippen molar-refractivity contribution in [2.45, 2.75) is 38.2 Å². The number of hydrogen-bond donors (Lipinski definition) is 0. The van der Waals surface area contributed by atoms with Gasteiger partial charge in [0.25, 0.3) is 5.89 Å². The molecule has 5 nitrogen and oxygen atoms in total. The van der Waals surface area contributed by atoms with Crippen LogP contribution in [0.4, 0.5) is 0 Å². The predicted molar refractivity (Wildman–Crippen MR) is 75.3 cm³/mol. The lowest BCUT2D eigenvalue weighted by Crippen LogP contribution is -2.15. The highest BCUT2D eigenvalue weighted by Gasteiger charge is 2.31. The number of nitrogens with zero attached hydrogens (tertiary/aromatic N) is 2. The zero-order chi connectivity index (χ0) is 14.2. The van der Waals surface area contributed by atoms with E-state index in [1.807, 2.05) is 0 Å². The molecule has 0 bridgehead atoms. The van der Waals surface area contributed by atoms with E-state index in [2.05, 4.69) is 35.3 Å². The van der Waals surface area contributed by atoms with E-state index < -0.39 is 0 Å². The summed E-state index contributed by atoms with van der Waals surface area (Å²) in [6.07, 6.45) is 2.57. The molecule has 0 amide bonds. The fraction of sp³-hybridized carbons (Fsp3) is 0.500. The Morgan fingerprint density at radius 3 is 2.86 bits per heavy atom. The van der Waals surface area contributed by atoms with Gasteiger partial charge in [-0.25, -0.2) is 0 Å². The fourth-order valence-corrected chi connectivity index (χ4v) is 3.06. The smallest absolute Gasteiger partial charge is 0.268 e. The van der Waals surface area contributed by atoms with Crippen LogP contribution in [0.3, 0.4) is 0 Å². The quantitative estimate of drug-likeness (QED) is 0.849. The topological polar surface area (TPSA) is 57.4 Å². The van der Waals surface area contributed by atoms with Gasteiger partial charge in [-0.15, -0.1) is 0 Å². The summed E-state index contributed by atoms with van der Waals surface area (Å²) in [5, 5.41) is 4.15. The molecule has 3 heterocycles. The average Bonchev–Trinajstić information content (AvgIpc) is 3.15. The fourth-order valence-electron chi connectivity index (χ4n) is 3.06. The van der Waals surface area contributed by atoms with Crippen molar-refractivity contribution < 1.29 is 14.0 Å². The second kappa shape index (κ2) is 5.15. The third-order valence-electron chi connectivity index (χ3n) is 4.28. The number of aryl methyl sites for hydroxylation is 1. The Kier molecular flexibility index (Phi) is 3.15. The lowest BCUT2D eigenvalue weighted by Gasteiger charge is -2.18. The maximum atomic E-state index is 6.00. The average molecular weight is 286 g/mol. The number of hydrogen-bond acceptors (Lipinski definition) is 5. The first-order chi connectivity index (χ1) is 10.3. The van der Waals surface area contributed by atoms with Gasteiger partial charge in [0.05, 0.1) is 0 Å². The second-order valence-corrected chi connectivity index (χ2v) is 5.75. The molecule has 0 radical (unpaired) electrons. The zero-order valence-corrected chi connectivity index (χ0v) is 12.0. The van der Waals surface area contributed by atoms with Crippen molar-refractivity contribution >= 4 is 0 Å².